The van der Waals surface area contributed by atoms with E-state index in [1.165, 1.54) is 16.8 Å². The Morgan fingerprint density at radius 3 is 2.82 bits per heavy atom. The number of para-hydroxylation sites is 1. The van der Waals surface area contributed by atoms with E-state index >= 15 is 0 Å². The number of likely N-dealkylation sites (N-methyl/N-ethyl adjacent to an activating group) is 1. The Balaban J connectivity index is 2.60. The molecule has 0 N–H and O–H groups in total. The van der Waals surface area contributed by atoms with E-state index in [0.29, 0.717) is 0 Å². The van der Waals surface area contributed by atoms with E-state index in [-0.39, 0.29) is 0 Å². The number of nitrogens with zero attached hydrogens (tertiary/aromatic N) is 1. The number of fused-ring (bicyclic) bond motifs is 1. The van der Waals surface area contributed by atoms with Gasteiger partial charge < -0.3 is 4.90 Å². The van der Waals surface area contributed by atoms with Crippen molar-refractivity contribution in [3.05, 3.63) is 36.4 Å². The zero-order valence-electron chi connectivity index (χ0n) is 6.67. The molecule has 0 aliphatic carbocycles. The number of benzene rings is 1. The van der Waals surface area contributed by atoms with Crippen molar-refractivity contribution in [3.63, 3.8) is 0 Å². The summed E-state index contributed by atoms with van der Waals surface area (Å²) in [6, 6.07) is 8.38. The molecule has 1 heterocycles. The van der Waals surface area contributed by atoms with Crippen LogP contribution in [0.5, 0.6) is 0 Å². The van der Waals surface area contributed by atoms with E-state index in [9.17, 15) is 0 Å². The maximum Gasteiger partial charge on any atom is 0.0443 e. The number of hydrogen-bond donors (Lipinski definition) is 0. The van der Waals surface area contributed by atoms with Crippen molar-refractivity contribution in [3.8, 4) is 0 Å². The van der Waals surface area contributed by atoms with Gasteiger partial charge in [0.15, 0.2) is 0 Å². The molecule has 2 rings (SSSR count). The molecule has 0 saturated carbocycles. The lowest BCUT2D eigenvalue weighted by Gasteiger charge is -2.09. The minimum absolute atomic E-state index is 0.972. The molecule has 1 heteroatoms. The summed E-state index contributed by atoms with van der Waals surface area (Å²) in [5.74, 6) is 0. The van der Waals surface area contributed by atoms with E-state index in [1.54, 1.807) is 0 Å². The largest absolute Gasteiger partial charge is 0.370 e. The average Bonchev–Trinajstić information content (AvgIpc) is 2.30. The molecule has 0 fully saturated rings. The van der Waals surface area contributed by atoms with Crippen molar-refractivity contribution in [2.45, 2.75) is 0 Å². The fourth-order valence-corrected chi connectivity index (χ4v) is 1.56. The molecule has 1 nitrogen and oxygen atoms in total. The van der Waals surface area contributed by atoms with Gasteiger partial charge in [-0.3, -0.25) is 0 Å². The molecule has 0 unspecified atom stereocenters. The third-order valence-electron chi connectivity index (χ3n) is 2.12. The number of anilines is 1. The Bertz CT molecular complexity index is 301. The van der Waals surface area contributed by atoms with Gasteiger partial charge in [0.25, 0.3) is 0 Å². The van der Waals surface area contributed by atoms with Crippen molar-refractivity contribution in [1.82, 2.24) is 0 Å². The lowest BCUT2D eigenvalue weighted by Crippen LogP contribution is -2.11. The summed E-state index contributed by atoms with van der Waals surface area (Å²) in [7, 11) is 2.09. The zero-order chi connectivity index (χ0) is 7.84. The van der Waals surface area contributed by atoms with Crippen LogP contribution in [0.4, 0.5) is 5.69 Å². The van der Waals surface area contributed by atoms with Crippen LogP contribution in [0.2, 0.25) is 0 Å². The second kappa shape index (κ2) is 2.12. The zero-order valence-corrected chi connectivity index (χ0v) is 6.67. The van der Waals surface area contributed by atoms with Crippen molar-refractivity contribution in [1.29, 1.82) is 0 Å². The first kappa shape index (κ1) is 6.47. The first-order valence-electron chi connectivity index (χ1n) is 3.77. The average molecular weight is 145 g/mol. The van der Waals surface area contributed by atoms with Crippen LogP contribution in [-0.2, 0) is 0 Å². The lowest BCUT2D eigenvalue weighted by atomic mass is 10.1. The van der Waals surface area contributed by atoms with Crippen LogP contribution in [0.3, 0.4) is 0 Å². The molecule has 0 radical (unpaired) electrons. The van der Waals surface area contributed by atoms with Crippen LogP contribution in [0.15, 0.2) is 30.8 Å². The Morgan fingerprint density at radius 1 is 1.36 bits per heavy atom. The molecule has 1 aliphatic rings. The first-order chi connectivity index (χ1) is 5.29. The summed E-state index contributed by atoms with van der Waals surface area (Å²) in [4.78, 5) is 2.22. The maximum atomic E-state index is 4.00. The Hall–Kier alpha value is -1.24. The molecule has 0 saturated heterocycles. The second-order valence-electron chi connectivity index (χ2n) is 2.98. The van der Waals surface area contributed by atoms with Crippen LogP contribution in [0, 0.1) is 0 Å². The second-order valence-corrected chi connectivity index (χ2v) is 2.98. The SMILES string of the molecule is C=C1CN(C)c2ccccc21. The Kier molecular flexibility index (Phi) is 1.25. The summed E-state index contributed by atoms with van der Waals surface area (Å²) >= 11 is 0. The minimum atomic E-state index is 0.972. The van der Waals surface area contributed by atoms with Gasteiger partial charge in [-0.15, -0.1) is 0 Å². The summed E-state index contributed by atoms with van der Waals surface area (Å²) in [6.07, 6.45) is 0. The summed E-state index contributed by atoms with van der Waals surface area (Å²) < 4.78 is 0. The Morgan fingerprint density at radius 2 is 2.09 bits per heavy atom. The lowest BCUT2D eigenvalue weighted by molar-refractivity contribution is 1.09. The third kappa shape index (κ3) is 0.845. The van der Waals surface area contributed by atoms with Crippen molar-refractivity contribution in [2.24, 2.45) is 0 Å². The minimum Gasteiger partial charge on any atom is -0.370 e. The molecule has 1 aromatic carbocycles. The van der Waals surface area contributed by atoms with Gasteiger partial charge in [0, 0.05) is 24.8 Å². The quantitative estimate of drug-likeness (QED) is 0.540. The highest BCUT2D eigenvalue weighted by molar-refractivity contribution is 5.83. The topological polar surface area (TPSA) is 3.24 Å². The predicted octanol–water partition coefficient (Wildman–Crippen LogP) is 2.15. The molecular formula is C10H11N. The molecule has 0 amide bonds. The molecule has 0 aromatic heterocycles. The molecule has 1 aromatic rings. The molecule has 0 spiro atoms. The van der Waals surface area contributed by atoms with E-state index in [0.717, 1.165) is 6.54 Å². The molecule has 0 bridgehead atoms. The van der Waals surface area contributed by atoms with Crippen molar-refractivity contribution >= 4 is 11.3 Å². The smallest absolute Gasteiger partial charge is 0.0443 e. The molecule has 1 aliphatic heterocycles. The Labute approximate surface area is 67.0 Å². The molecule has 56 valence electrons. The van der Waals surface area contributed by atoms with Crippen LogP contribution in [0.1, 0.15) is 5.56 Å². The first-order valence-corrected chi connectivity index (χ1v) is 3.77. The van der Waals surface area contributed by atoms with Gasteiger partial charge in [-0.2, -0.15) is 0 Å². The molecule has 0 atom stereocenters. The van der Waals surface area contributed by atoms with Crippen LogP contribution >= 0.6 is 0 Å². The van der Waals surface area contributed by atoms with Crippen molar-refractivity contribution in [2.75, 3.05) is 18.5 Å². The highest BCUT2D eigenvalue weighted by Gasteiger charge is 2.17. The summed E-state index contributed by atoms with van der Waals surface area (Å²) in [6.45, 7) is 4.98. The highest BCUT2D eigenvalue weighted by atomic mass is 15.1. The van der Waals surface area contributed by atoms with Gasteiger partial charge in [0.05, 0.1) is 0 Å². The van der Waals surface area contributed by atoms with Crippen LogP contribution in [0.25, 0.3) is 5.57 Å². The predicted molar refractivity (Wildman–Crippen MR) is 48.7 cm³/mol. The van der Waals surface area contributed by atoms with Gasteiger partial charge in [-0.25, -0.2) is 0 Å². The third-order valence-corrected chi connectivity index (χ3v) is 2.12. The molecule has 11 heavy (non-hydrogen) atoms. The van der Waals surface area contributed by atoms with E-state index in [1.807, 2.05) is 0 Å². The van der Waals surface area contributed by atoms with Crippen LogP contribution in [-0.4, -0.2) is 13.6 Å². The normalized spacial score (nSPS) is 15.4. The van der Waals surface area contributed by atoms with Gasteiger partial charge in [0.2, 0.25) is 0 Å². The van der Waals surface area contributed by atoms with E-state index in [4.69, 9.17) is 0 Å². The number of rotatable bonds is 0. The summed E-state index contributed by atoms with van der Waals surface area (Å²) in [5, 5.41) is 0. The standard InChI is InChI=1S/C10H11N/c1-8-7-11(2)10-6-4-3-5-9(8)10/h3-6H,1,7H2,2H3. The number of hydrogen-bond acceptors (Lipinski definition) is 1. The van der Waals surface area contributed by atoms with Gasteiger partial charge in [-0.1, -0.05) is 24.8 Å². The van der Waals surface area contributed by atoms with Gasteiger partial charge >= 0.3 is 0 Å². The van der Waals surface area contributed by atoms with Gasteiger partial charge in [0.1, 0.15) is 0 Å². The van der Waals surface area contributed by atoms with E-state index < -0.39 is 0 Å². The molecular weight excluding hydrogens is 134 g/mol. The van der Waals surface area contributed by atoms with E-state index in [2.05, 4.69) is 42.8 Å². The van der Waals surface area contributed by atoms with Gasteiger partial charge in [-0.05, 0) is 11.6 Å². The fraction of sp³-hybridized carbons (Fsp3) is 0.200. The monoisotopic (exact) mass is 145 g/mol. The van der Waals surface area contributed by atoms with Crippen molar-refractivity contribution < 1.29 is 0 Å². The van der Waals surface area contributed by atoms with Crippen LogP contribution < -0.4 is 4.90 Å². The summed E-state index contributed by atoms with van der Waals surface area (Å²) in [5.41, 5.74) is 3.83. The maximum absolute atomic E-state index is 4.00. The fourth-order valence-electron chi connectivity index (χ4n) is 1.56. The highest BCUT2D eigenvalue weighted by Crippen LogP contribution is 2.32.